The van der Waals surface area contributed by atoms with E-state index in [0.717, 1.165) is 12.4 Å². The maximum atomic E-state index is 4.43. The smallest absolute Gasteiger partial charge is 0.222 e. The molecule has 2 aromatic carbocycles. The minimum atomic E-state index is 0.208. The number of hydrogen-bond acceptors (Lipinski definition) is 3. The fourth-order valence-electron chi connectivity index (χ4n) is 3.29. The van der Waals surface area contributed by atoms with E-state index in [9.17, 15) is 0 Å². The Bertz CT molecular complexity index is 819. The van der Waals surface area contributed by atoms with Crippen molar-refractivity contribution in [1.29, 1.82) is 0 Å². The molecule has 1 aliphatic rings. The number of hydrogen-bond donors (Lipinski definition) is 1. The third-order valence-corrected chi connectivity index (χ3v) is 4.54. The van der Waals surface area contributed by atoms with E-state index < -0.39 is 0 Å². The van der Waals surface area contributed by atoms with Crippen LogP contribution in [-0.2, 0) is 0 Å². The summed E-state index contributed by atoms with van der Waals surface area (Å²) in [4.78, 5) is 4.39. The molecule has 0 amide bonds. The number of aryl methyl sites for hydroxylation is 2. The van der Waals surface area contributed by atoms with Crippen LogP contribution in [0.2, 0.25) is 0 Å². The molecule has 3 aromatic rings. The Morgan fingerprint density at radius 1 is 1.00 bits per heavy atom. The lowest BCUT2D eigenvalue weighted by atomic mass is 9.92. The van der Waals surface area contributed by atoms with Gasteiger partial charge in [0.1, 0.15) is 6.33 Å². The summed E-state index contributed by atoms with van der Waals surface area (Å²) in [6.45, 7) is 4.24. The lowest BCUT2D eigenvalue weighted by Crippen LogP contribution is -2.28. The van der Waals surface area contributed by atoms with E-state index in [2.05, 4.69) is 77.8 Å². The highest BCUT2D eigenvalue weighted by Gasteiger charge is 2.29. The maximum Gasteiger partial charge on any atom is 0.222 e. The van der Waals surface area contributed by atoms with E-state index in [1.807, 2.05) is 4.68 Å². The van der Waals surface area contributed by atoms with Crippen molar-refractivity contribution in [3.8, 4) is 0 Å². The number of nitrogens with one attached hydrogen (secondary N) is 1. The number of benzene rings is 2. The average Bonchev–Trinajstić information content (AvgIpc) is 3.03. The van der Waals surface area contributed by atoms with Gasteiger partial charge in [0.15, 0.2) is 0 Å². The van der Waals surface area contributed by atoms with Crippen molar-refractivity contribution in [2.45, 2.75) is 32.4 Å². The fourth-order valence-corrected chi connectivity index (χ4v) is 3.29. The summed E-state index contributed by atoms with van der Waals surface area (Å²) in [5.41, 5.74) is 5.13. The van der Waals surface area contributed by atoms with E-state index in [1.165, 1.54) is 22.3 Å². The second kappa shape index (κ2) is 5.54. The van der Waals surface area contributed by atoms with E-state index >= 15 is 0 Å². The van der Waals surface area contributed by atoms with Crippen molar-refractivity contribution in [2.24, 2.45) is 0 Å². The average molecular weight is 304 g/mol. The van der Waals surface area contributed by atoms with E-state index in [-0.39, 0.29) is 12.1 Å². The van der Waals surface area contributed by atoms with Gasteiger partial charge in [0.2, 0.25) is 5.95 Å². The molecule has 0 bridgehead atoms. The third kappa shape index (κ3) is 2.61. The maximum absolute atomic E-state index is 4.43. The van der Waals surface area contributed by atoms with Gasteiger partial charge >= 0.3 is 0 Å². The van der Waals surface area contributed by atoms with Crippen molar-refractivity contribution in [3.05, 3.63) is 77.1 Å². The minimum absolute atomic E-state index is 0.208. The zero-order valence-corrected chi connectivity index (χ0v) is 13.4. The summed E-state index contributed by atoms with van der Waals surface area (Å²) in [5.74, 6) is 0.841. The molecular weight excluding hydrogens is 284 g/mol. The van der Waals surface area contributed by atoms with Crippen LogP contribution in [0.15, 0.2) is 54.9 Å². The number of rotatable bonds is 2. The molecule has 2 heterocycles. The fraction of sp³-hybridized carbons (Fsp3) is 0.263. The van der Waals surface area contributed by atoms with Gasteiger partial charge in [-0.25, -0.2) is 4.68 Å². The van der Waals surface area contributed by atoms with Crippen LogP contribution in [0.25, 0.3) is 0 Å². The Hall–Kier alpha value is -2.62. The monoisotopic (exact) mass is 304 g/mol. The number of anilines is 1. The molecule has 4 heteroatoms. The molecule has 1 aromatic heterocycles. The molecule has 2 atom stereocenters. The normalized spacial score (nSPS) is 19.9. The van der Waals surface area contributed by atoms with Gasteiger partial charge in [-0.15, -0.1) is 0 Å². The predicted molar refractivity (Wildman–Crippen MR) is 91.5 cm³/mol. The lowest BCUT2D eigenvalue weighted by molar-refractivity contribution is 0.430. The molecule has 23 heavy (non-hydrogen) atoms. The summed E-state index contributed by atoms with van der Waals surface area (Å²) in [7, 11) is 0. The van der Waals surface area contributed by atoms with Crippen LogP contribution in [0, 0.1) is 13.8 Å². The molecule has 0 unspecified atom stereocenters. The Morgan fingerprint density at radius 3 is 2.61 bits per heavy atom. The van der Waals surface area contributed by atoms with Gasteiger partial charge in [0.25, 0.3) is 0 Å². The predicted octanol–water partition coefficient (Wildman–Crippen LogP) is 4.04. The molecule has 0 fully saturated rings. The van der Waals surface area contributed by atoms with Gasteiger partial charge in [-0.1, -0.05) is 59.7 Å². The summed E-state index contributed by atoms with van der Waals surface area (Å²) >= 11 is 0. The van der Waals surface area contributed by atoms with Crippen LogP contribution in [0.5, 0.6) is 0 Å². The Morgan fingerprint density at radius 2 is 1.83 bits per heavy atom. The molecule has 4 nitrogen and oxygen atoms in total. The first-order chi connectivity index (χ1) is 11.2. The van der Waals surface area contributed by atoms with Gasteiger partial charge in [-0.3, -0.25) is 0 Å². The third-order valence-electron chi connectivity index (χ3n) is 4.54. The number of aromatic nitrogens is 3. The Kier molecular flexibility index (Phi) is 3.37. The lowest BCUT2D eigenvalue weighted by Gasteiger charge is -2.32. The van der Waals surface area contributed by atoms with Crippen LogP contribution in [0.1, 0.15) is 40.8 Å². The van der Waals surface area contributed by atoms with Gasteiger partial charge < -0.3 is 5.32 Å². The summed E-state index contributed by atoms with van der Waals surface area (Å²) < 4.78 is 2.00. The van der Waals surface area contributed by atoms with Gasteiger partial charge in [-0.2, -0.15) is 10.1 Å². The molecule has 116 valence electrons. The molecule has 0 spiro atoms. The van der Waals surface area contributed by atoms with Gasteiger partial charge in [0, 0.05) is 0 Å². The van der Waals surface area contributed by atoms with Crippen molar-refractivity contribution >= 4 is 5.95 Å². The molecule has 1 aliphatic heterocycles. The molecular formula is C19H20N4. The van der Waals surface area contributed by atoms with Gasteiger partial charge in [-0.05, 0) is 31.4 Å². The second-order valence-electron chi connectivity index (χ2n) is 6.30. The number of fused-ring (bicyclic) bond motifs is 1. The van der Waals surface area contributed by atoms with Crippen LogP contribution in [0.4, 0.5) is 5.95 Å². The van der Waals surface area contributed by atoms with E-state index in [0.29, 0.717) is 0 Å². The minimum Gasteiger partial charge on any atom is -0.348 e. The van der Waals surface area contributed by atoms with E-state index in [1.54, 1.807) is 6.33 Å². The summed E-state index contributed by atoms with van der Waals surface area (Å²) in [6.07, 6.45) is 2.59. The highest BCUT2D eigenvalue weighted by atomic mass is 15.4. The van der Waals surface area contributed by atoms with Crippen LogP contribution < -0.4 is 5.32 Å². The highest BCUT2D eigenvalue weighted by molar-refractivity contribution is 5.39. The first-order valence-corrected chi connectivity index (χ1v) is 8.00. The first-order valence-electron chi connectivity index (χ1n) is 8.00. The van der Waals surface area contributed by atoms with E-state index in [4.69, 9.17) is 0 Å². The van der Waals surface area contributed by atoms with Crippen molar-refractivity contribution < 1.29 is 0 Å². The SMILES string of the molecule is Cc1ccc([C@@H]2C[C@@H](c3cccc(C)c3)n3ncnc3N2)cc1. The largest absolute Gasteiger partial charge is 0.348 e. The quantitative estimate of drug-likeness (QED) is 0.777. The molecule has 1 N–H and O–H groups in total. The molecule has 4 rings (SSSR count). The van der Waals surface area contributed by atoms with Crippen LogP contribution in [0.3, 0.4) is 0 Å². The Labute approximate surface area is 136 Å². The summed E-state index contributed by atoms with van der Waals surface area (Å²) in [5, 5.41) is 7.95. The molecule has 0 radical (unpaired) electrons. The Balaban J connectivity index is 1.73. The van der Waals surface area contributed by atoms with Crippen molar-refractivity contribution in [3.63, 3.8) is 0 Å². The zero-order chi connectivity index (χ0) is 15.8. The van der Waals surface area contributed by atoms with Crippen molar-refractivity contribution in [2.75, 3.05) is 5.32 Å². The van der Waals surface area contributed by atoms with Crippen LogP contribution in [-0.4, -0.2) is 14.8 Å². The topological polar surface area (TPSA) is 42.7 Å². The zero-order valence-electron chi connectivity index (χ0n) is 13.4. The second-order valence-corrected chi connectivity index (χ2v) is 6.30. The van der Waals surface area contributed by atoms with Crippen molar-refractivity contribution in [1.82, 2.24) is 14.8 Å². The molecule has 0 saturated heterocycles. The highest BCUT2D eigenvalue weighted by Crippen LogP contribution is 2.37. The summed E-state index contributed by atoms with van der Waals surface area (Å²) in [6, 6.07) is 17.9. The number of nitrogens with zero attached hydrogens (tertiary/aromatic N) is 3. The van der Waals surface area contributed by atoms with Gasteiger partial charge in [0.05, 0.1) is 12.1 Å². The molecule has 0 saturated carbocycles. The standard InChI is InChI=1S/C19H20N4/c1-13-6-8-15(9-7-13)17-11-18(16-5-3-4-14(2)10-16)23-19(22-17)20-12-21-23/h3-10,12,17-18H,11H2,1-2H3,(H,20,21,22)/t17-,18-/m0/s1. The first kappa shape index (κ1) is 14.0. The van der Waals surface area contributed by atoms with Crippen LogP contribution >= 0.6 is 0 Å². The molecule has 0 aliphatic carbocycles.